The second-order valence-electron chi connectivity index (χ2n) is 15.9. The van der Waals surface area contributed by atoms with E-state index in [1.165, 1.54) is 106 Å². The van der Waals surface area contributed by atoms with E-state index in [0.29, 0.717) is 0 Å². The van der Waals surface area contributed by atoms with Crippen LogP contribution in [0.25, 0.3) is 84.1 Å². The molecule has 5 heteroatoms. The van der Waals surface area contributed by atoms with Crippen molar-refractivity contribution < 1.29 is 0 Å². The van der Waals surface area contributed by atoms with Crippen molar-refractivity contribution in [3.63, 3.8) is 0 Å². The summed E-state index contributed by atoms with van der Waals surface area (Å²) < 4.78 is 5.21. The minimum absolute atomic E-state index is 1.05. The Morgan fingerprint density at radius 1 is 0.426 bits per heavy atom. The lowest BCUT2D eigenvalue weighted by molar-refractivity contribution is 1.32. The first kappa shape index (κ1) is 34.7. The lowest BCUT2D eigenvalue weighted by atomic mass is 9.57. The SMILES string of the molecule is [B]1c2cc3c(cc2N(c2ccc4c(c2)sc2ccccc24)c2c1c(-c1c(Nc4ccc(-c5ccccc5)cc4)ccc4ccccc14)cc1ccccc21)sc1ccccc13. The fourth-order valence-corrected chi connectivity index (χ4v) is 11.9. The molecule has 1 radical (unpaired) electrons. The van der Waals surface area contributed by atoms with Crippen LogP contribution in [0, 0.1) is 0 Å². The first-order valence-corrected chi connectivity index (χ1v) is 22.4. The number of anilines is 5. The number of nitrogens with zero attached hydrogens (tertiary/aromatic N) is 1. The quantitative estimate of drug-likeness (QED) is 0.174. The molecule has 0 bridgehead atoms. The van der Waals surface area contributed by atoms with Gasteiger partial charge in [0.2, 0.25) is 0 Å². The van der Waals surface area contributed by atoms with Crippen LogP contribution in [0.15, 0.2) is 200 Å². The number of fused-ring (bicyclic) bond motifs is 11. The van der Waals surface area contributed by atoms with Gasteiger partial charge in [-0.3, -0.25) is 0 Å². The molecule has 0 saturated heterocycles. The lowest BCUT2D eigenvalue weighted by Gasteiger charge is -2.36. The van der Waals surface area contributed by atoms with E-state index in [1.54, 1.807) is 0 Å². The molecule has 10 aromatic carbocycles. The molecule has 0 amide bonds. The first-order chi connectivity index (χ1) is 30.2. The lowest BCUT2D eigenvalue weighted by Crippen LogP contribution is -2.41. The van der Waals surface area contributed by atoms with Crippen molar-refractivity contribution in [1.29, 1.82) is 0 Å². The topological polar surface area (TPSA) is 15.3 Å². The molecule has 2 aromatic heterocycles. The Morgan fingerprint density at radius 2 is 1.05 bits per heavy atom. The maximum Gasteiger partial charge on any atom is 0.197 e. The van der Waals surface area contributed by atoms with E-state index in [9.17, 15) is 0 Å². The summed E-state index contributed by atoms with van der Waals surface area (Å²) in [7, 11) is 2.47. The Kier molecular flexibility index (Phi) is 7.78. The van der Waals surface area contributed by atoms with E-state index in [4.69, 9.17) is 0 Å². The zero-order valence-corrected chi connectivity index (χ0v) is 34.5. The van der Waals surface area contributed by atoms with E-state index in [-0.39, 0.29) is 0 Å². The number of rotatable bonds is 5. The maximum absolute atomic E-state index is 3.91. The molecule has 2 nitrogen and oxygen atoms in total. The van der Waals surface area contributed by atoms with Crippen LogP contribution in [-0.4, -0.2) is 7.28 Å². The summed E-state index contributed by atoms with van der Waals surface area (Å²) in [5, 5.41) is 14.0. The smallest absolute Gasteiger partial charge is 0.197 e. The van der Waals surface area contributed by atoms with Crippen LogP contribution in [0.2, 0.25) is 0 Å². The van der Waals surface area contributed by atoms with Gasteiger partial charge in [0, 0.05) is 74.3 Å². The van der Waals surface area contributed by atoms with Crippen molar-refractivity contribution in [2.24, 2.45) is 0 Å². The third-order valence-electron chi connectivity index (χ3n) is 12.4. The molecule has 0 aliphatic carbocycles. The molecule has 1 aliphatic rings. The van der Waals surface area contributed by atoms with Gasteiger partial charge < -0.3 is 10.2 Å². The fourth-order valence-electron chi connectivity index (χ4n) is 9.62. The summed E-state index contributed by atoms with van der Waals surface area (Å²) in [5.41, 5.74) is 12.9. The van der Waals surface area contributed by atoms with Gasteiger partial charge in [-0.05, 0) is 98.3 Å². The van der Waals surface area contributed by atoms with E-state index in [2.05, 4.69) is 218 Å². The summed E-state index contributed by atoms with van der Waals surface area (Å²) in [6.45, 7) is 0. The van der Waals surface area contributed by atoms with Crippen molar-refractivity contribution in [2.75, 3.05) is 10.2 Å². The first-order valence-electron chi connectivity index (χ1n) is 20.7. The number of hydrogen-bond donors (Lipinski definition) is 1. The van der Waals surface area contributed by atoms with Crippen molar-refractivity contribution in [3.05, 3.63) is 200 Å². The monoisotopic (exact) mass is 809 g/mol. The predicted molar refractivity (Wildman–Crippen MR) is 268 cm³/mol. The van der Waals surface area contributed by atoms with E-state index in [0.717, 1.165) is 17.1 Å². The van der Waals surface area contributed by atoms with Crippen LogP contribution in [0.5, 0.6) is 0 Å². The van der Waals surface area contributed by atoms with Gasteiger partial charge in [0.1, 0.15) is 0 Å². The highest BCUT2D eigenvalue weighted by atomic mass is 32.1. The second-order valence-corrected chi connectivity index (χ2v) is 18.1. The van der Waals surface area contributed by atoms with Gasteiger partial charge in [-0.2, -0.15) is 0 Å². The highest BCUT2D eigenvalue weighted by molar-refractivity contribution is 7.26. The Morgan fingerprint density at radius 3 is 1.84 bits per heavy atom. The van der Waals surface area contributed by atoms with E-state index < -0.39 is 0 Å². The minimum atomic E-state index is 1.05. The number of hydrogen-bond acceptors (Lipinski definition) is 4. The summed E-state index contributed by atoms with van der Waals surface area (Å²) in [6.07, 6.45) is 0. The molecule has 0 atom stereocenters. The molecule has 0 unspecified atom stereocenters. The van der Waals surface area contributed by atoms with Crippen LogP contribution in [0.3, 0.4) is 0 Å². The Balaban J connectivity index is 1.08. The largest absolute Gasteiger partial charge is 0.355 e. The fraction of sp³-hybridized carbons (Fsp3) is 0. The highest BCUT2D eigenvalue weighted by Crippen LogP contribution is 2.48. The van der Waals surface area contributed by atoms with Gasteiger partial charge in [0.15, 0.2) is 7.28 Å². The van der Waals surface area contributed by atoms with Crippen LogP contribution < -0.4 is 21.1 Å². The Bertz CT molecular complexity index is 3720. The normalized spacial score (nSPS) is 12.4. The van der Waals surface area contributed by atoms with Crippen molar-refractivity contribution >= 4 is 131 Å². The van der Waals surface area contributed by atoms with Crippen molar-refractivity contribution in [3.8, 4) is 22.3 Å². The van der Waals surface area contributed by atoms with Gasteiger partial charge in [-0.25, -0.2) is 0 Å². The Hall–Kier alpha value is -7.18. The molecule has 0 saturated carbocycles. The standard InChI is InChI=1S/C56H34BN2S2/c1-2-12-34(13-3-1)35-22-25-38(26-23-35)58-48-29-24-36-14-4-6-16-40(36)54(48)46-30-37-15-5-7-17-41(37)56-55(46)57-47-32-45-43-19-9-11-21-51(43)61-53(45)33-49(47)59(56)39-27-28-44-42-18-8-10-20-50(42)60-52(44)31-39/h1-33,58H. The van der Waals surface area contributed by atoms with E-state index in [1.807, 2.05) is 22.7 Å². The third-order valence-corrected chi connectivity index (χ3v) is 14.7. The number of benzene rings is 10. The number of thiophene rings is 2. The van der Waals surface area contributed by atoms with Crippen LogP contribution >= 0.6 is 22.7 Å². The van der Waals surface area contributed by atoms with Gasteiger partial charge in [-0.1, -0.05) is 151 Å². The van der Waals surface area contributed by atoms with Gasteiger partial charge in [-0.15, -0.1) is 22.7 Å². The van der Waals surface area contributed by atoms with Gasteiger partial charge in [0.25, 0.3) is 0 Å². The Labute approximate surface area is 361 Å². The maximum atomic E-state index is 3.91. The van der Waals surface area contributed by atoms with Crippen LogP contribution in [-0.2, 0) is 0 Å². The molecule has 0 spiro atoms. The van der Waals surface area contributed by atoms with Crippen molar-refractivity contribution in [1.82, 2.24) is 0 Å². The molecule has 1 aliphatic heterocycles. The molecule has 0 fully saturated rings. The summed E-state index contributed by atoms with van der Waals surface area (Å²) in [6, 6.07) is 73.7. The molecule has 13 rings (SSSR count). The molecular formula is C56H34BN2S2. The molecule has 283 valence electrons. The van der Waals surface area contributed by atoms with Crippen LogP contribution in [0.4, 0.5) is 28.4 Å². The second kappa shape index (κ2) is 13.7. The average molecular weight is 810 g/mol. The zero-order chi connectivity index (χ0) is 40.0. The number of nitrogens with one attached hydrogen (secondary N) is 1. The zero-order valence-electron chi connectivity index (χ0n) is 32.9. The third kappa shape index (κ3) is 5.55. The highest BCUT2D eigenvalue weighted by Gasteiger charge is 2.31. The molecular weight excluding hydrogens is 776 g/mol. The molecule has 61 heavy (non-hydrogen) atoms. The van der Waals surface area contributed by atoms with Crippen molar-refractivity contribution in [2.45, 2.75) is 0 Å². The van der Waals surface area contributed by atoms with Gasteiger partial charge >= 0.3 is 0 Å². The summed E-state index contributed by atoms with van der Waals surface area (Å²) in [5.74, 6) is 0. The predicted octanol–water partition coefficient (Wildman–Crippen LogP) is 15.2. The van der Waals surface area contributed by atoms with Gasteiger partial charge in [0.05, 0.1) is 0 Å². The summed E-state index contributed by atoms with van der Waals surface area (Å²) >= 11 is 3.75. The molecule has 12 aromatic rings. The summed E-state index contributed by atoms with van der Waals surface area (Å²) in [4.78, 5) is 2.56. The molecule has 3 heterocycles. The van der Waals surface area contributed by atoms with E-state index >= 15 is 0 Å². The minimum Gasteiger partial charge on any atom is -0.355 e. The average Bonchev–Trinajstić information content (AvgIpc) is 3.88. The van der Waals surface area contributed by atoms with Crippen LogP contribution in [0.1, 0.15) is 0 Å². The molecule has 1 N–H and O–H groups in total.